The van der Waals surface area contributed by atoms with Gasteiger partial charge in [-0.3, -0.25) is 0 Å². The van der Waals surface area contributed by atoms with Gasteiger partial charge in [0.05, 0.1) is 7.11 Å². The van der Waals surface area contributed by atoms with E-state index in [1.54, 1.807) is 7.11 Å². The number of ether oxygens (including phenoxy) is 1. The van der Waals surface area contributed by atoms with Crippen LogP contribution >= 0.6 is 11.8 Å². The molecule has 1 atom stereocenters. The highest BCUT2D eigenvalue weighted by Crippen LogP contribution is 2.52. The molecule has 4 aromatic rings. The van der Waals surface area contributed by atoms with Gasteiger partial charge in [-0.1, -0.05) is 78.5 Å². The molecule has 1 aliphatic heterocycles. The van der Waals surface area contributed by atoms with Crippen molar-refractivity contribution in [3.63, 3.8) is 0 Å². The molecule has 0 N–H and O–H groups in total. The number of hydrogen-bond acceptors (Lipinski definition) is 2. The van der Waals surface area contributed by atoms with E-state index in [1.165, 1.54) is 37.3 Å². The second-order valence-corrected chi connectivity index (χ2v) is 7.60. The molecule has 0 aliphatic carbocycles. The van der Waals surface area contributed by atoms with Gasteiger partial charge in [-0.15, -0.1) is 0 Å². The zero-order valence-corrected chi connectivity index (χ0v) is 15.3. The molecule has 0 aromatic heterocycles. The van der Waals surface area contributed by atoms with Crippen molar-refractivity contribution < 1.29 is 4.74 Å². The van der Waals surface area contributed by atoms with E-state index in [2.05, 4.69) is 78.9 Å². The minimum Gasteiger partial charge on any atom is -0.496 e. The van der Waals surface area contributed by atoms with E-state index in [-0.39, 0.29) is 5.92 Å². The topological polar surface area (TPSA) is 9.23 Å². The summed E-state index contributed by atoms with van der Waals surface area (Å²) in [7, 11) is 1.76. The Labute approximate surface area is 157 Å². The summed E-state index contributed by atoms with van der Waals surface area (Å²) in [6, 6.07) is 30.3. The minimum absolute atomic E-state index is 0.171. The molecule has 26 heavy (non-hydrogen) atoms. The highest BCUT2D eigenvalue weighted by atomic mass is 32.2. The molecule has 0 saturated heterocycles. The smallest absolute Gasteiger partial charge is 0.123 e. The molecule has 5 rings (SSSR count). The van der Waals surface area contributed by atoms with Gasteiger partial charge < -0.3 is 4.74 Å². The summed E-state index contributed by atoms with van der Waals surface area (Å²) >= 11 is 1.87. The fraction of sp³-hybridized carbons (Fsp3) is 0.0833. The summed E-state index contributed by atoms with van der Waals surface area (Å²) in [6.45, 7) is 0. The van der Waals surface area contributed by atoms with Crippen LogP contribution in [0.25, 0.3) is 10.8 Å². The van der Waals surface area contributed by atoms with E-state index in [1.807, 2.05) is 17.8 Å². The lowest BCUT2D eigenvalue weighted by molar-refractivity contribution is 0.409. The van der Waals surface area contributed by atoms with Crippen molar-refractivity contribution in [1.82, 2.24) is 0 Å². The fourth-order valence-electron chi connectivity index (χ4n) is 3.98. The van der Waals surface area contributed by atoms with E-state index in [4.69, 9.17) is 4.74 Å². The molecule has 0 fully saturated rings. The summed E-state index contributed by atoms with van der Waals surface area (Å²) in [5.41, 5.74) is 3.96. The molecule has 1 nitrogen and oxygen atoms in total. The molecule has 1 heterocycles. The summed E-state index contributed by atoms with van der Waals surface area (Å²) in [6.07, 6.45) is 0. The molecule has 2 heteroatoms. The Morgan fingerprint density at radius 3 is 2.31 bits per heavy atom. The maximum Gasteiger partial charge on any atom is 0.123 e. The summed E-state index contributed by atoms with van der Waals surface area (Å²) in [4.78, 5) is 2.66. The Morgan fingerprint density at radius 2 is 1.42 bits per heavy atom. The van der Waals surface area contributed by atoms with Crippen LogP contribution in [-0.4, -0.2) is 7.11 Å². The van der Waals surface area contributed by atoms with Crippen molar-refractivity contribution in [2.45, 2.75) is 15.7 Å². The first-order chi connectivity index (χ1) is 12.9. The van der Waals surface area contributed by atoms with Crippen molar-refractivity contribution >= 4 is 22.5 Å². The highest BCUT2D eigenvalue weighted by molar-refractivity contribution is 7.99. The van der Waals surface area contributed by atoms with Crippen LogP contribution in [0.15, 0.2) is 94.7 Å². The Bertz CT molecular complexity index is 1120. The van der Waals surface area contributed by atoms with Crippen LogP contribution in [0, 0.1) is 0 Å². The van der Waals surface area contributed by atoms with Crippen molar-refractivity contribution in [2.75, 3.05) is 7.11 Å². The van der Waals surface area contributed by atoms with Gasteiger partial charge in [0.25, 0.3) is 0 Å². The lowest BCUT2D eigenvalue weighted by Gasteiger charge is -2.30. The third-order valence-electron chi connectivity index (χ3n) is 5.12. The average Bonchev–Trinajstić information content (AvgIpc) is 2.72. The van der Waals surface area contributed by atoms with Crippen LogP contribution < -0.4 is 4.74 Å². The van der Waals surface area contributed by atoms with E-state index < -0.39 is 0 Å². The lowest BCUT2D eigenvalue weighted by Crippen LogP contribution is -2.11. The zero-order chi connectivity index (χ0) is 17.5. The van der Waals surface area contributed by atoms with E-state index in [0.29, 0.717) is 0 Å². The first-order valence-corrected chi connectivity index (χ1v) is 9.60. The van der Waals surface area contributed by atoms with Gasteiger partial charge in [0.1, 0.15) is 5.75 Å². The van der Waals surface area contributed by atoms with Gasteiger partial charge in [0, 0.05) is 21.3 Å². The van der Waals surface area contributed by atoms with Crippen LogP contribution in [0.2, 0.25) is 0 Å². The van der Waals surface area contributed by atoms with Crippen molar-refractivity contribution in [3.05, 3.63) is 102 Å². The molecule has 1 unspecified atom stereocenters. The quantitative estimate of drug-likeness (QED) is 0.358. The van der Waals surface area contributed by atoms with Crippen molar-refractivity contribution in [2.24, 2.45) is 0 Å². The molecule has 1 aliphatic rings. The van der Waals surface area contributed by atoms with Crippen LogP contribution in [0.5, 0.6) is 5.75 Å². The molecule has 0 spiro atoms. The van der Waals surface area contributed by atoms with Gasteiger partial charge in [-0.25, -0.2) is 0 Å². The second kappa shape index (κ2) is 6.22. The Hall–Kier alpha value is -2.71. The van der Waals surface area contributed by atoms with E-state index in [9.17, 15) is 0 Å². The maximum atomic E-state index is 5.73. The SMILES string of the molecule is COc1ccccc1C1c2ccccc2Sc2ccc3ccccc3c21. The first-order valence-electron chi connectivity index (χ1n) is 8.78. The van der Waals surface area contributed by atoms with Crippen molar-refractivity contribution in [1.29, 1.82) is 0 Å². The number of fused-ring (bicyclic) bond motifs is 4. The second-order valence-electron chi connectivity index (χ2n) is 6.51. The molecule has 4 aromatic carbocycles. The summed E-state index contributed by atoms with van der Waals surface area (Å²) in [5.74, 6) is 1.11. The molecule has 0 saturated carbocycles. The predicted octanol–water partition coefficient (Wildman–Crippen LogP) is 6.49. The zero-order valence-electron chi connectivity index (χ0n) is 14.5. The van der Waals surface area contributed by atoms with Crippen LogP contribution in [-0.2, 0) is 0 Å². The Morgan fingerprint density at radius 1 is 0.692 bits per heavy atom. The highest BCUT2D eigenvalue weighted by Gasteiger charge is 2.30. The van der Waals surface area contributed by atoms with Gasteiger partial charge in [0.15, 0.2) is 0 Å². The number of benzene rings is 4. The summed E-state index contributed by atoms with van der Waals surface area (Å²) < 4.78 is 5.73. The summed E-state index contributed by atoms with van der Waals surface area (Å²) in [5, 5.41) is 2.61. The van der Waals surface area contributed by atoms with E-state index >= 15 is 0 Å². The number of para-hydroxylation sites is 1. The average molecular weight is 354 g/mol. The molecular weight excluding hydrogens is 336 g/mol. The molecule has 0 radical (unpaired) electrons. The van der Waals surface area contributed by atoms with Gasteiger partial charge in [0.2, 0.25) is 0 Å². The monoisotopic (exact) mass is 354 g/mol. The van der Waals surface area contributed by atoms with Gasteiger partial charge in [-0.05, 0) is 40.1 Å². The first kappa shape index (κ1) is 15.5. The maximum absolute atomic E-state index is 5.73. The number of rotatable bonds is 2. The van der Waals surface area contributed by atoms with Crippen molar-refractivity contribution in [3.8, 4) is 5.75 Å². The van der Waals surface area contributed by atoms with Gasteiger partial charge >= 0.3 is 0 Å². The predicted molar refractivity (Wildman–Crippen MR) is 108 cm³/mol. The Balaban J connectivity index is 1.88. The molecular formula is C24H18OS. The largest absolute Gasteiger partial charge is 0.496 e. The minimum atomic E-state index is 0.171. The lowest BCUT2D eigenvalue weighted by atomic mass is 9.82. The van der Waals surface area contributed by atoms with Crippen LogP contribution in [0.1, 0.15) is 22.6 Å². The normalized spacial score (nSPS) is 15.3. The standard InChI is InChI=1S/C24H18OS/c1-25-20-12-6-4-10-18(20)23-19-11-5-7-13-21(19)26-22-15-14-16-8-2-3-9-17(16)24(22)23/h2-15,23H,1H3. The molecule has 0 amide bonds. The van der Waals surface area contributed by atoms with Crippen LogP contribution in [0.4, 0.5) is 0 Å². The third kappa shape index (κ3) is 2.33. The fourth-order valence-corrected chi connectivity index (χ4v) is 5.14. The van der Waals surface area contributed by atoms with Gasteiger partial charge in [-0.2, -0.15) is 0 Å². The Kier molecular flexibility index (Phi) is 3.72. The van der Waals surface area contributed by atoms with E-state index in [0.717, 1.165) is 5.75 Å². The molecule has 126 valence electrons. The number of methoxy groups -OCH3 is 1. The number of hydrogen-bond donors (Lipinski definition) is 0. The van der Waals surface area contributed by atoms with Crippen LogP contribution in [0.3, 0.4) is 0 Å². The third-order valence-corrected chi connectivity index (χ3v) is 6.29. The molecule has 0 bridgehead atoms.